The first kappa shape index (κ1) is 13.0. The Morgan fingerprint density at radius 2 is 2.25 bits per heavy atom. The van der Waals surface area contributed by atoms with Crippen LogP contribution in [0.15, 0.2) is 12.4 Å². The molecule has 0 bridgehead atoms. The van der Waals surface area contributed by atoms with Crippen molar-refractivity contribution < 1.29 is 4.74 Å². The Morgan fingerprint density at radius 3 is 2.88 bits per heavy atom. The van der Waals surface area contributed by atoms with Crippen LogP contribution < -0.4 is 10.1 Å². The molecule has 0 radical (unpaired) electrons. The maximum absolute atomic E-state index is 5.57. The van der Waals surface area contributed by atoms with Gasteiger partial charge in [0.1, 0.15) is 6.61 Å². The first-order valence-electron chi connectivity index (χ1n) is 6.11. The summed E-state index contributed by atoms with van der Waals surface area (Å²) >= 11 is 0. The van der Waals surface area contributed by atoms with Crippen molar-refractivity contribution in [2.75, 3.05) is 19.7 Å². The van der Waals surface area contributed by atoms with Crippen LogP contribution in [-0.2, 0) is 0 Å². The molecular weight excluding hydrogens is 202 g/mol. The molecule has 0 spiro atoms. The summed E-state index contributed by atoms with van der Waals surface area (Å²) in [6, 6.07) is 0.389. The quantitative estimate of drug-likeness (QED) is 0.690. The van der Waals surface area contributed by atoms with Crippen LogP contribution >= 0.6 is 0 Å². The number of aromatic nitrogens is 2. The third-order valence-electron chi connectivity index (χ3n) is 2.36. The number of nitrogens with zero attached hydrogens (tertiary/aromatic N) is 2. The molecule has 1 aromatic heterocycles. The van der Waals surface area contributed by atoms with Crippen LogP contribution in [0.25, 0.3) is 0 Å². The smallest absolute Gasteiger partial charge is 0.157 e. The van der Waals surface area contributed by atoms with E-state index in [1.165, 1.54) is 12.8 Å². The Morgan fingerprint density at radius 1 is 1.44 bits per heavy atom. The first-order chi connectivity index (χ1) is 7.74. The topological polar surface area (TPSA) is 39.1 Å². The van der Waals surface area contributed by atoms with Gasteiger partial charge in [-0.05, 0) is 26.8 Å². The van der Waals surface area contributed by atoms with E-state index < -0.39 is 0 Å². The van der Waals surface area contributed by atoms with Gasteiger partial charge in [-0.2, -0.15) is 5.10 Å². The summed E-state index contributed by atoms with van der Waals surface area (Å²) < 4.78 is 7.47. The average molecular weight is 225 g/mol. The molecule has 1 heterocycles. The van der Waals surface area contributed by atoms with Crippen molar-refractivity contribution >= 4 is 0 Å². The van der Waals surface area contributed by atoms with Gasteiger partial charge < -0.3 is 10.1 Å². The second kappa shape index (κ2) is 7.28. The molecule has 16 heavy (non-hydrogen) atoms. The van der Waals surface area contributed by atoms with Crippen LogP contribution in [-0.4, -0.2) is 29.5 Å². The fraction of sp³-hybridized carbons (Fsp3) is 0.750. The molecule has 1 aromatic rings. The highest BCUT2D eigenvalue weighted by Crippen LogP contribution is 2.11. The lowest BCUT2D eigenvalue weighted by Crippen LogP contribution is -2.21. The molecule has 1 N–H and O–H groups in total. The zero-order chi connectivity index (χ0) is 11.8. The third-order valence-corrected chi connectivity index (χ3v) is 2.36. The highest BCUT2D eigenvalue weighted by atomic mass is 16.5. The van der Waals surface area contributed by atoms with E-state index in [2.05, 4.69) is 31.2 Å². The molecule has 1 rings (SSSR count). The summed E-state index contributed by atoms with van der Waals surface area (Å²) in [4.78, 5) is 0. The highest BCUT2D eigenvalue weighted by molar-refractivity contribution is 5.11. The van der Waals surface area contributed by atoms with E-state index in [9.17, 15) is 0 Å². The fourth-order valence-electron chi connectivity index (χ4n) is 1.35. The Bertz CT molecular complexity index is 284. The summed E-state index contributed by atoms with van der Waals surface area (Å²) in [6.07, 6.45) is 6.17. The Balaban J connectivity index is 2.12. The largest absolute Gasteiger partial charge is 0.489 e. The number of unbranched alkanes of at least 4 members (excludes halogenated alkanes) is 1. The summed E-state index contributed by atoms with van der Waals surface area (Å²) in [6.45, 7) is 9.07. The van der Waals surface area contributed by atoms with Crippen molar-refractivity contribution in [2.45, 2.75) is 39.7 Å². The van der Waals surface area contributed by atoms with Crippen LogP contribution in [0.1, 0.15) is 39.7 Å². The van der Waals surface area contributed by atoms with Gasteiger partial charge in [-0.1, -0.05) is 13.3 Å². The Kier molecular flexibility index (Phi) is 5.93. The van der Waals surface area contributed by atoms with Gasteiger partial charge in [0.15, 0.2) is 5.75 Å². The summed E-state index contributed by atoms with van der Waals surface area (Å²) in [5, 5.41) is 7.55. The predicted molar refractivity (Wildman–Crippen MR) is 65.9 cm³/mol. The van der Waals surface area contributed by atoms with E-state index in [4.69, 9.17) is 4.74 Å². The molecule has 0 unspecified atom stereocenters. The number of rotatable bonds is 8. The second-order valence-corrected chi connectivity index (χ2v) is 4.20. The Labute approximate surface area is 98.0 Å². The molecule has 4 heteroatoms. The van der Waals surface area contributed by atoms with E-state index >= 15 is 0 Å². The number of hydrogen-bond donors (Lipinski definition) is 1. The average Bonchev–Trinajstić information content (AvgIpc) is 2.72. The molecule has 0 saturated carbocycles. The van der Waals surface area contributed by atoms with Crippen molar-refractivity contribution in [3.63, 3.8) is 0 Å². The van der Waals surface area contributed by atoms with Crippen molar-refractivity contribution in [2.24, 2.45) is 0 Å². The van der Waals surface area contributed by atoms with Crippen molar-refractivity contribution in [3.05, 3.63) is 12.4 Å². The molecule has 0 aliphatic carbocycles. The van der Waals surface area contributed by atoms with E-state index in [1.807, 2.05) is 10.9 Å². The fourth-order valence-corrected chi connectivity index (χ4v) is 1.35. The third kappa shape index (κ3) is 4.66. The van der Waals surface area contributed by atoms with Gasteiger partial charge in [-0.15, -0.1) is 0 Å². The van der Waals surface area contributed by atoms with Crippen LogP contribution in [0, 0.1) is 0 Å². The minimum Gasteiger partial charge on any atom is -0.489 e. The van der Waals surface area contributed by atoms with Gasteiger partial charge in [0, 0.05) is 12.6 Å². The molecule has 0 fully saturated rings. The molecule has 0 aliphatic heterocycles. The molecule has 0 aromatic carbocycles. The van der Waals surface area contributed by atoms with Gasteiger partial charge >= 0.3 is 0 Å². The lowest BCUT2D eigenvalue weighted by atomic mass is 10.3. The number of ether oxygens (including phenoxy) is 1. The zero-order valence-electron chi connectivity index (χ0n) is 10.6. The predicted octanol–water partition coefficient (Wildman–Crippen LogP) is 2.23. The molecule has 0 saturated heterocycles. The van der Waals surface area contributed by atoms with Crippen molar-refractivity contribution in [1.29, 1.82) is 0 Å². The van der Waals surface area contributed by atoms with Gasteiger partial charge in [-0.3, -0.25) is 4.68 Å². The van der Waals surface area contributed by atoms with E-state index in [1.54, 1.807) is 6.20 Å². The second-order valence-electron chi connectivity index (χ2n) is 4.20. The Hall–Kier alpha value is -1.03. The minimum atomic E-state index is 0.389. The maximum atomic E-state index is 5.57. The minimum absolute atomic E-state index is 0.389. The van der Waals surface area contributed by atoms with E-state index in [-0.39, 0.29) is 0 Å². The van der Waals surface area contributed by atoms with Crippen LogP contribution in [0.2, 0.25) is 0 Å². The standard InChI is InChI=1S/C12H23N3O/c1-4-5-6-13-7-8-16-12-9-14-15(10-12)11(2)3/h9-11,13H,4-8H2,1-3H3. The molecule has 0 atom stereocenters. The van der Waals surface area contributed by atoms with Gasteiger partial charge in [0.05, 0.1) is 12.4 Å². The number of nitrogens with one attached hydrogen (secondary N) is 1. The van der Waals surface area contributed by atoms with Gasteiger partial charge in [0.25, 0.3) is 0 Å². The summed E-state index contributed by atoms with van der Waals surface area (Å²) in [5.41, 5.74) is 0. The molecule has 0 aliphatic rings. The monoisotopic (exact) mass is 225 g/mol. The van der Waals surface area contributed by atoms with Gasteiger partial charge in [0.2, 0.25) is 0 Å². The van der Waals surface area contributed by atoms with E-state index in [0.29, 0.717) is 12.6 Å². The molecule has 92 valence electrons. The van der Waals surface area contributed by atoms with E-state index in [0.717, 1.165) is 18.8 Å². The SMILES string of the molecule is CCCCNCCOc1cnn(C(C)C)c1. The number of hydrogen-bond acceptors (Lipinski definition) is 3. The van der Waals surface area contributed by atoms with Crippen LogP contribution in [0.4, 0.5) is 0 Å². The highest BCUT2D eigenvalue weighted by Gasteiger charge is 2.01. The van der Waals surface area contributed by atoms with Crippen LogP contribution in [0.3, 0.4) is 0 Å². The van der Waals surface area contributed by atoms with Gasteiger partial charge in [-0.25, -0.2) is 0 Å². The first-order valence-corrected chi connectivity index (χ1v) is 6.11. The van der Waals surface area contributed by atoms with Crippen molar-refractivity contribution in [3.8, 4) is 5.75 Å². The molecular formula is C12H23N3O. The molecule has 4 nitrogen and oxygen atoms in total. The molecule has 0 amide bonds. The van der Waals surface area contributed by atoms with Crippen LogP contribution in [0.5, 0.6) is 5.75 Å². The van der Waals surface area contributed by atoms with Crippen molar-refractivity contribution in [1.82, 2.24) is 15.1 Å². The lowest BCUT2D eigenvalue weighted by molar-refractivity contribution is 0.313. The summed E-state index contributed by atoms with van der Waals surface area (Å²) in [5.74, 6) is 0.853. The normalized spacial score (nSPS) is 11.0. The maximum Gasteiger partial charge on any atom is 0.157 e. The summed E-state index contributed by atoms with van der Waals surface area (Å²) in [7, 11) is 0. The zero-order valence-corrected chi connectivity index (χ0v) is 10.6. The lowest BCUT2D eigenvalue weighted by Gasteiger charge is -2.05.